The van der Waals surface area contributed by atoms with Crippen LogP contribution in [0.1, 0.15) is 80.4 Å². The van der Waals surface area contributed by atoms with Crippen molar-refractivity contribution in [1.29, 1.82) is 0 Å². The third-order valence-corrected chi connectivity index (χ3v) is 7.04. The van der Waals surface area contributed by atoms with Gasteiger partial charge in [0.05, 0.1) is 0 Å². The van der Waals surface area contributed by atoms with E-state index in [-0.39, 0.29) is 0 Å². The lowest BCUT2D eigenvalue weighted by molar-refractivity contribution is 0.186. The molecule has 0 saturated heterocycles. The Morgan fingerprint density at radius 3 is 2.11 bits per heavy atom. The van der Waals surface area contributed by atoms with Crippen molar-refractivity contribution in [2.45, 2.75) is 70.1 Å². The van der Waals surface area contributed by atoms with Crippen molar-refractivity contribution in [3.8, 4) is 0 Å². The van der Waals surface area contributed by atoms with Crippen molar-refractivity contribution in [3.05, 3.63) is 59.2 Å². The van der Waals surface area contributed by atoms with E-state index >= 15 is 0 Å². The highest BCUT2D eigenvalue weighted by atomic mass is 14.6. The molecule has 2 aromatic rings. The van der Waals surface area contributed by atoms with Crippen LogP contribution < -0.4 is 11.5 Å². The number of nitrogen functional groups attached to an aromatic ring is 2. The Morgan fingerprint density at radius 2 is 1.41 bits per heavy atom. The summed E-state index contributed by atoms with van der Waals surface area (Å²) in [6.07, 6.45) is 13.7. The van der Waals surface area contributed by atoms with E-state index in [1.165, 1.54) is 74.5 Å². The lowest BCUT2D eigenvalue weighted by Crippen LogP contribution is -2.23. The molecule has 2 heteroatoms. The van der Waals surface area contributed by atoms with Crippen molar-refractivity contribution in [2.75, 3.05) is 11.5 Å². The standard InChI is InChI=1S/C25H34N2/c26-23-8-4-5-18(16-23)15-19-9-14-24(25(27)17-19)22-12-10-21(11-13-22)20-6-2-1-3-7-20/h4-5,8-9,14,16-17,20-22H,1-3,6-7,10-13,15,26-27H2. The highest BCUT2D eigenvalue weighted by Crippen LogP contribution is 2.44. The zero-order chi connectivity index (χ0) is 18.6. The predicted molar refractivity (Wildman–Crippen MR) is 116 cm³/mol. The van der Waals surface area contributed by atoms with Crippen LogP contribution >= 0.6 is 0 Å². The lowest BCUT2D eigenvalue weighted by Gasteiger charge is -2.36. The minimum Gasteiger partial charge on any atom is -0.399 e. The van der Waals surface area contributed by atoms with Gasteiger partial charge in [-0.15, -0.1) is 0 Å². The first-order valence-corrected chi connectivity index (χ1v) is 10.9. The molecule has 0 bridgehead atoms. The number of nitrogens with two attached hydrogens (primary N) is 2. The molecule has 2 nitrogen and oxygen atoms in total. The Bertz CT molecular complexity index is 753. The smallest absolute Gasteiger partial charge is 0.0352 e. The maximum atomic E-state index is 6.49. The predicted octanol–water partition coefficient (Wildman–Crippen LogP) is 6.30. The number of rotatable bonds is 4. The Labute approximate surface area is 164 Å². The van der Waals surface area contributed by atoms with Crippen LogP contribution in [0.25, 0.3) is 0 Å². The zero-order valence-electron chi connectivity index (χ0n) is 16.5. The Balaban J connectivity index is 1.38. The van der Waals surface area contributed by atoms with Crippen LogP contribution in [0, 0.1) is 11.8 Å². The molecule has 4 N–H and O–H groups in total. The molecule has 0 aromatic heterocycles. The van der Waals surface area contributed by atoms with Crippen LogP contribution in [0.15, 0.2) is 42.5 Å². The quantitative estimate of drug-likeness (QED) is 0.627. The van der Waals surface area contributed by atoms with Crippen molar-refractivity contribution in [1.82, 2.24) is 0 Å². The molecule has 0 unspecified atom stereocenters. The van der Waals surface area contributed by atoms with Gasteiger partial charge in [0.1, 0.15) is 0 Å². The van der Waals surface area contributed by atoms with E-state index in [0.717, 1.165) is 29.6 Å². The third-order valence-electron chi connectivity index (χ3n) is 7.04. The molecule has 2 saturated carbocycles. The number of anilines is 2. The van der Waals surface area contributed by atoms with Gasteiger partial charge in [0.15, 0.2) is 0 Å². The first kappa shape index (κ1) is 18.4. The molecule has 2 aliphatic carbocycles. The molecule has 2 aliphatic rings. The summed E-state index contributed by atoms with van der Waals surface area (Å²) in [6.45, 7) is 0. The average molecular weight is 363 g/mol. The molecular formula is C25H34N2. The summed E-state index contributed by atoms with van der Waals surface area (Å²) in [5.74, 6) is 2.65. The van der Waals surface area contributed by atoms with Crippen LogP contribution in [-0.4, -0.2) is 0 Å². The van der Waals surface area contributed by atoms with Gasteiger partial charge in [-0.1, -0.05) is 56.4 Å². The van der Waals surface area contributed by atoms with Crippen molar-refractivity contribution in [2.24, 2.45) is 11.8 Å². The van der Waals surface area contributed by atoms with Crippen LogP contribution in [0.5, 0.6) is 0 Å². The van der Waals surface area contributed by atoms with Gasteiger partial charge in [-0.2, -0.15) is 0 Å². The summed E-state index contributed by atoms with van der Waals surface area (Å²) < 4.78 is 0. The van der Waals surface area contributed by atoms with E-state index in [2.05, 4.69) is 30.3 Å². The van der Waals surface area contributed by atoms with Crippen molar-refractivity contribution in [3.63, 3.8) is 0 Å². The summed E-state index contributed by atoms with van der Waals surface area (Å²) in [4.78, 5) is 0. The van der Waals surface area contributed by atoms with Gasteiger partial charge in [-0.3, -0.25) is 0 Å². The number of hydrogen-bond acceptors (Lipinski definition) is 2. The molecule has 0 heterocycles. The van der Waals surface area contributed by atoms with E-state index in [4.69, 9.17) is 11.5 Å². The Morgan fingerprint density at radius 1 is 0.704 bits per heavy atom. The second-order valence-corrected chi connectivity index (χ2v) is 8.89. The Hall–Kier alpha value is -1.96. The molecule has 27 heavy (non-hydrogen) atoms. The van der Waals surface area contributed by atoms with E-state index < -0.39 is 0 Å². The van der Waals surface area contributed by atoms with Crippen LogP contribution in [0.3, 0.4) is 0 Å². The second-order valence-electron chi connectivity index (χ2n) is 8.89. The Kier molecular flexibility index (Phi) is 5.71. The van der Waals surface area contributed by atoms with Gasteiger partial charge in [-0.05, 0) is 84.7 Å². The third kappa shape index (κ3) is 4.48. The minimum atomic E-state index is 0.659. The summed E-state index contributed by atoms with van der Waals surface area (Å²) in [6, 6.07) is 14.9. The van der Waals surface area contributed by atoms with E-state index in [1.807, 2.05) is 12.1 Å². The summed E-state index contributed by atoms with van der Waals surface area (Å²) in [5, 5.41) is 0. The molecule has 144 valence electrons. The largest absolute Gasteiger partial charge is 0.399 e. The van der Waals surface area contributed by atoms with Crippen LogP contribution in [-0.2, 0) is 6.42 Å². The van der Waals surface area contributed by atoms with Crippen LogP contribution in [0.2, 0.25) is 0 Å². The van der Waals surface area contributed by atoms with E-state index in [0.29, 0.717) is 5.92 Å². The molecule has 2 aromatic carbocycles. The van der Waals surface area contributed by atoms with Gasteiger partial charge in [0.2, 0.25) is 0 Å². The highest BCUT2D eigenvalue weighted by Gasteiger charge is 2.29. The normalized spacial score (nSPS) is 24.0. The molecule has 0 amide bonds. The molecule has 0 radical (unpaired) electrons. The fraction of sp³-hybridized carbons (Fsp3) is 0.520. The second kappa shape index (κ2) is 8.37. The van der Waals surface area contributed by atoms with E-state index in [9.17, 15) is 0 Å². The maximum absolute atomic E-state index is 6.49. The first-order chi connectivity index (χ1) is 13.2. The fourth-order valence-corrected chi connectivity index (χ4v) is 5.55. The minimum absolute atomic E-state index is 0.659. The molecule has 0 aliphatic heterocycles. The van der Waals surface area contributed by atoms with Gasteiger partial charge >= 0.3 is 0 Å². The molecule has 0 spiro atoms. The van der Waals surface area contributed by atoms with Gasteiger partial charge in [-0.25, -0.2) is 0 Å². The summed E-state index contributed by atoms with van der Waals surface area (Å²) in [5.41, 5.74) is 18.1. The summed E-state index contributed by atoms with van der Waals surface area (Å²) >= 11 is 0. The fourth-order valence-electron chi connectivity index (χ4n) is 5.55. The van der Waals surface area contributed by atoms with Crippen LogP contribution in [0.4, 0.5) is 11.4 Å². The number of hydrogen-bond donors (Lipinski definition) is 2. The monoisotopic (exact) mass is 362 g/mol. The van der Waals surface area contributed by atoms with Gasteiger partial charge in [0.25, 0.3) is 0 Å². The molecular weight excluding hydrogens is 328 g/mol. The van der Waals surface area contributed by atoms with Gasteiger partial charge < -0.3 is 11.5 Å². The molecule has 4 rings (SSSR count). The van der Waals surface area contributed by atoms with Crippen molar-refractivity contribution >= 4 is 11.4 Å². The molecule has 2 fully saturated rings. The topological polar surface area (TPSA) is 52.0 Å². The maximum Gasteiger partial charge on any atom is 0.0352 e. The van der Waals surface area contributed by atoms with Gasteiger partial charge in [0, 0.05) is 11.4 Å². The van der Waals surface area contributed by atoms with Crippen molar-refractivity contribution < 1.29 is 0 Å². The van der Waals surface area contributed by atoms with E-state index in [1.54, 1.807) is 0 Å². The average Bonchev–Trinajstić information content (AvgIpc) is 2.69. The molecule has 0 atom stereocenters. The highest BCUT2D eigenvalue weighted by molar-refractivity contribution is 5.52. The summed E-state index contributed by atoms with van der Waals surface area (Å²) in [7, 11) is 0. The first-order valence-electron chi connectivity index (χ1n) is 10.9. The SMILES string of the molecule is Nc1cccc(Cc2ccc(C3CCC(C4CCCCC4)CC3)c(N)c2)c1. The lowest BCUT2D eigenvalue weighted by atomic mass is 9.69. The zero-order valence-corrected chi connectivity index (χ0v) is 16.5. The number of benzene rings is 2.